The molecule has 0 saturated carbocycles. The molecule has 2 rings (SSSR count). The molecule has 1 aromatic carbocycles. The molecule has 1 fully saturated rings. The van der Waals surface area contributed by atoms with Gasteiger partial charge in [0.1, 0.15) is 11.6 Å². The fraction of sp³-hybridized carbons (Fsp3) is 0.647. The molecule has 1 atom stereocenters. The third kappa shape index (κ3) is 5.04. The summed E-state index contributed by atoms with van der Waals surface area (Å²) in [6, 6.07) is 4.16. The Hall–Kier alpha value is -1.00. The summed E-state index contributed by atoms with van der Waals surface area (Å²) in [5.74, 6) is -1.01. The molecule has 0 bridgehead atoms. The van der Waals surface area contributed by atoms with Crippen molar-refractivity contribution in [3.05, 3.63) is 35.4 Å². The van der Waals surface area contributed by atoms with Crippen LogP contribution in [0.15, 0.2) is 18.2 Å². The second kappa shape index (κ2) is 7.85. The Kier molecular flexibility index (Phi) is 6.12. The van der Waals surface area contributed by atoms with Crippen molar-refractivity contribution < 1.29 is 8.78 Å². The van der Waals surface area contributed by atoms with Crippen LogP contribution in [0, 0.1) is 11.6 Å². The molecule has 4 heteroatoms. The topological polar surface area (TPSA) is 15.3 Å². The minimum absolute atomic E-state index is 0.0256. The van der Waals surface area contributed by atoms with E-state index in [1.54, 1.807) is 0 Å². The van der Waals surface area contributed by atoms with Crippen molar-refractivity contribution in [1.82, 2.24) is 10.2 Å². The quantitative estimate of drug-likeness (QED) is 0.857. The Bertz CT molecular complexity index is 422. The SMILES string of the molecule is CCCCN1CCC(NC(C)c2cc(F)cc(F)c2)CC1. The van der Waals surface area contributed by atoms with E-state index in [2.05, 4.69) is 17.1 Å². The van der Waals surface area contributed by atoms with Gasteiger partial charge in [-0.1, -0.05) is 13.3 Å². The van der Waals surface area contributed by atoms with Gasteiger partial charge in [-0.05, 0) is 63.5 Å². The molecular formula is C17H26F2N2. The molecule has 1 aromatic rings. The van der Waals surface area contributed by atoms with Crippen LogP contribution in [0.1, 0.15) is 51.1 Å². The summed E-state index contributed by atoms with van der Waals surface area (Å²) < 4.78 is 26.5. The maximum atomic E-state index is 13.3. The van der Waals surface area contributed by atoms with Crippen molar-refractivity contribution in [1.29, 1.82) is 0 Å². The van der Waals surface area contributed by atoms with Gasteiger partial charge in [0.25, 0.3) is 0 Å². The predicted octanol–water partition coefficient (Wildman–Crippen LogP) is 3.88. The lowest BCUT2D eigenvalue weighted by Gasteiger charge is -2.34. The van der Waals surface area contributed by atoms with Crippen LogP contribution in [-0.2, 0) is 0 Å². The van der Waals surface area contributed by atoms with E-state index in [-0.39, 0.29) is 6.04 Å². The molecule has 118 valence electrons. The highest BCUT2D eigenvalue weighted by Crippen LogP contribution is 2.19. The van der Waals surface area contributed by atoms with Gasteiger partial charge in [-0.15, -0.1) is 0 Å². The zero-order chi connectivity index (χ0) is 15.2. The summed E-state index contributed by atoms with van der Waals surface area (Å²) in [5, 5.41) is 3.51. The highest BCUT2D eigenvalue weighted by Gasteiger charge is 2.20. The Labute approximate surface area is 126 Å². The van der Waals surface area contributed by atoms with E-state index in [4.69, 9.17) is 0 Å². The molecule has 1 aliphatic rings. The van der Waals surface area contributed by atoms with Crippen molar-refractivity contribution in [2.45, 2.75) is 51.6 Å². The van der Waals surface area contributed by atoms with E-state index in [0.717, 1.165) is 32.0 Å². The molecule has 1 N–H and O–H groups in total. The maximum absolute atomic E-state index is 13.3. The van der Waals surface area contributed by atoms with E-state index in [0.29, 0.717) is 11.6 Å². The Morgan fingerprint density at radius 3 is 2.38 bits per heavy atom. The lowest BCUT2D eigenvalue weighted by Crippen LogP contribution is -2.43. The lowest BCUT2D eigenvalue weighted by molar-refractivity contribution is 0.190. The molecule has 1 saturated heterocycles. The zero-order valence-electron chi connectivity index (χ0n) is 13.0. The third-order valence-electron chi connectivity index (χ3n) is 4.29. The van der Waals surface area contributed by atoms with Crippen LogP contribution in [-0.4, -0.2) is 30.6 Å². The van der Waals surface area contributed by atoms with E-state index in [1.807, 2.05) is 6.92 Å². The molecule has 0 radical (unpaired) electrons. The smallest absolute Gasteiger partial charge is 0.126 e. The summed E-state index contributed by atoms with van der Waals surface area (Å²) in [6.07, 6.45) is 4.70. The second-order valence-corrected chi connectivity index (χ2v) is 6.06. The van der Waals surface area contributed by atoms with E-state index >= 15 is 0 Å². The minimum atomic E-state index is -0.506. The van der Waals surface area contributed by atoms with Crippen molar-refractivity contribution in [3.8, 4) is 0 Å². The maximum Gasteiger partial charge on any atom is 0.126 e. The van der Waals surface area contributed by atoms with E-state index in [9.17, 15) is 8.78 Å². The predicted molar refractivity (Wildman–Crippen MR) is 82.3 cm³/mol. The molecule has 0 aliphatic carbocycles. The Morgan fingerprint density at radius 1 is 1.19 bits per heavy atom. The van der Waals surface area contributed by atoms with Gasteiger partial charge in [0.15, 0.2) is 0 Å². The molecule has 0 aromatic heterocycles. The number of hydrogen-bond acceptors (Lipinski definition) is 2. The van der Waals surface area contributed by atoms with Crippen LogP contribution in [0.25, 0.3) is 0 Å². The molecule has 21 heavy (non-hydrogen) atoms. The van der Waals surface area contributed by atoms with E-state index in [1.165, 1.54) is 31.5 Å². The molecule has 0 spiro atoms. The normalized spacial score (nSPS) is 18.9. The van der Waals surface area contributed by atoms with Gasteiger partial charge in [0.05, 0.1) is 0 Å². The summed E-state index contributed by atoms with van der Waals surface area (Å²) in [7, 11) is 0. The first-order valence-corrected chi connectivity index (χ1v) is 8.03. The number of hydrogen-bond donors (Lipinski definition) is 1. The second-order valence-electron chi connectivity index (χ2n) is 6.06. The van der Waals surface area contributed by atoms with Crippen molar-refractivity contribution in [2.75, 3.05) is 19.6 Å². The monoisotopic (exact) mass is 296 g/mol. The Morgan fingerprint density at radius 2 is 1.81 bits per heavy atom. The van der Waals surface area contributed by atoms with Gasteiger partial charge in [-0.3, -0.25) is 0 Å². The van der Waals surface area contributed by atoms with Crippen LogP contribution in [0.5, 0.6) is 0 Å². The first-order chi connectivity index (χ1) is 10.1. The highest BCUT2D eigenvalue weighted by atomic mass is 19.1. The van der Waals surface area contributed by atoms with Crippen LogP contribution < -0.4 is 5.32 Å². The minimum Gasteiger partial charge on any atom is -0.307 e. The standard InChI is InChI=1S/C17H26F2N2/c1-3-4-7-21-8-5-17(6-9-21)20-13(2)14-10-15(18)12-16(19)11-14/h10-13,17,20H,3-9H2,1-2H3. The van der Waals surface area contributed by atoms with Gasteiger partial charge in [0.2, 0.25) is 0 Å². The van der Waals surface area contributed by atoms with E-state index < -0.39 is 11.6 Å². The fourth-order valence-corrected chi connectivity index (χ4v) is 2.98. The number of unbranched alkanes of at least 4 members (excludes halogenated alkanes) is 1. The average molecular weight is 296 g/mol. The van der Waals surface area contributed by atoms with Crippen molar-refractivity contribution in [2.24, 2.45) is 0 Å². The molecule has 1 heterocycles. The van der Waals surface area contributed by atoms with Gasteiger partial charge < -0.3 is 10.2 Å². The third-order valence-corrected chi connectivity index (χ3v) is 4.29. The average Bonchev–Trinajstić information content (AvgIpc) is 2.45. The summed E-state index contributed by atoms with van der Waals surface area (Å²) in [5.41, 5.74) is 0.681. The van der Waals surface area contributed by atoms with Gasteiger partial charge >= 0.3 is 0 Å². The first-order valence-electron chi connectivity index (χ1n) is 8.03. The Balaban J connectivity index is 1.82. The van der Waals surface area contributed by atoms with Crippen molar-refractivity contribution in [3.63, 3.8) is 0 Å². The van der Waals surface area contributed by atoms with Gasteiger partial charge in [-0.2, -0.15) is 0 Å². The highest BCUT2D eigenvalue weighted by molar-refractivity contribution is 5.21. The van der Waals surface area contributed by atoms with Crippen LogP contribution >= 0.6 is 0 Å². The molecular weight excluding hydrogens is 270 g/mol. The zero-order valence-corrected chi connectivity index (χ0v) is 13.0. The fourth-order valence-electron chi connectivity index (χ4n) is 2.98. The van der Waals surface area contributed by atoms with Gasteiger partial charge in [-0.25, -0.2) is 8.78 Å². The number of likely N-dealkylation sites (tertiary alicyclic amines) is 1. The number of nitrogens with zero attached hydrogens (tertiary/aromatic N) is 1. The number of rotatable bonds is 6. The van der Waals surface area contributed by atoms with Crippen LogP contribution in [0.2, 0.25) is 0 Å². The summed E-state index contributed by atoms with van der Waals surface area (Å²) in [6.45, 7) is 7.60. The molecule has 2 nitrogen and oxygen atoms in total. The number of piperidine rings is 1. The van der Waals surface area contributed by atoms with Crippen LogP contribution in [0.3, 0.4) is 0 Å². The summed E-state index contributed by atoms with van der Waals surface area (Å²) in [4.78, 5) is 2.51. The number of benzene rings is 1. The lowest BCUT2D eigenvalue weighted by atomic mass is 10.0. The molecule has 1 unspecified atom stereocenters. The van der Waals surface area contributed by atoms with Crippen molar-refractivity contribution >= 4 is 0 Å². The molecule has 1 aliphatic heterocycles. The van der Waals surface area contributed by atoms with Gasteiger partial charge in [0, 0.05) is 18.2 Å². The number of nitrogens with one attached hydrogen (secondary N) is 1. The van der Waals surface area contributed by atoms with Crippen LogP contribution in [0.4, 0.5) is 8.78 Å². The first kappa shape index (κ1) is 16.4. The summed E-state index contributed by atoms with van der Waals surface area (Å²) >= 11 is 0. The number of halogens is 2. The largest absolute Gasteiger partial charge is 0.307 e. The molecule has 0 amide bonds.